The van der Waals surface area contributed by atoms with Gasteiger partial charge in [-0.2, -0.15) is 15.8 Å². The van der Waals surface area contributed by atoms with E-state index in [1.807, 2.05) is 19.1 Å². The number of hydrogen-bond acceptors (Lipinski definition) is 3. The van der Waals surface area contributed by atoms with Crippen molar-refractivity contribution in [1.29, 1.82) is 15.8 Å². The van der Waals surface area contributed by atoms with Gasteiger partial charge < -0.3 is 0 Å². The summed E-state index contributed by atoms with van der Waals surface area (Å²) in [4.78, 5) is 0. The number of hydrogen-bond donors (Lipinski definition) is 0. The van der Waals surface area contributed by atoms with Crippen molar-refractivity contribution in [3.8, 4) is 18.2 Å². The molecule has 0 N–H and O–H groups in total. The molecule has 0 unspecified atom stereocenters. The van der Waals surface area contributed by atoms with Crippen LogP contribution in [0.2, 0.25) is 5.02 Å². The lowest BCUT2D eigenvalue weighted by Gasteiger charge is -2.09. The molecule has 0 radical (unpaired) electrons. The second kappa shape index (κ2) is 4.02. The highest BCUT2D eigenvalue weighted by atomic mass is 35.5. The summed E-state index contributed by atoms with van der Waals surface area (Å²) in [5, 5.41) is 28.6. The van der Waals surface area contributed by atoms with Crippen LogP contribution in [0.1, 0.15) is 18.9 Å². The second-order valence-electron chi connectivity index (χ2n) is 4.42. The maximum Gasteiger partial charge on any atom is 0.171 e. The first-order chi connectivity index (χ1) is 8.62. The minimum atomic E-state index is -1.23. The van der Waals surface area contributed by atoms with Crippen LogP contribution in [0.5, 0.6) is 0 Å². The van der Waals surface area contributed by atoms with Crippen LogP contribution in [-0.4, -0.2) is 0 Å². The van der Waals surface area contributed by atoms with Gasteiger partial charge in [-0.3, -0.25) is 0 Å². The van der Waals surface area contributed by atoms with Gasteiger partial charge in [-0.15, -0.1) is 0 Å². The summed E-state index contributed by atoms with van der Waals surface area (Å²) in [5.74, 6) is -0.244. The van der Waals surface area contributed by atoms with E-state index in [1.165, 1.54) is 0 Å². The first kappa shape index (κ1) is 12.4. The third-order valence-electron chi connectivity index (χ3n) is 3.82. The van der Waals surface area contributed by atoms with Crippen molar-refractivity contribution in [3.05, 3.63) is 34.9 Å². The van der Waals surface area contributed by atoms with E-state index in [4.69, 9.17) is 11.6 Å². The second-order valence-corrected chi connectivity index (χ2v) is 4.86. The van der Waals surface area contributed by atoms with Gasteiger partial charge >= 0.3 is 0 Å². The molecule has 1 aromatic rings. The normalized spacial score (nSPS) is 27.6. The first-order valence-corrected chi connectivity index (χ1v) is 6.00. The van der Waals surface area contributed by atoms with E-state index in [9.17, 15) is 15.8 Å². The summed E-state index contributed by atoms with van der Waals surface area (Å²) >= 11 is 5.82. The van der Waals surface area contributed by atoms with Crippen molar-refractivity contribution in [2.75, 3.05) is 0 Å². The molecule has 1 fully saturated rings. The smallest absolute Gasteiger partial charge is 0.171 e. The maximum absolute atomic E-state index is 9.49. The summed E-state index contributed by atoms with van der Waals surface area (Å²) in [6.07, 6.45) is 0.622. The number of nitriles is 3. The van der Waals surface area contributed by atoms with E-state index in [-0.39, 0.29) is 5.92 Å². The van der Waals surface area contributed by atoms with Gasteiger partial charge in [-0.25, -0.2) is 0 Å². The molecule has 0 spiro atoms. The average Bonchev–Trinajstić information content (AvgIpc) is 3.02. The molecule has 2 atom stereocenters. The fourth-order valence-corrected chi connectivity index (χ4v) is 3.02. The first-order valence-electron chi connectivity index (χ1n) is 5.62. The molecule has 0 aliphatic heterocycles. The lowest BCUT2D eigenvalue weighted by molar-refractivity contribution is 0.683. The van der Waals surface area contributed by atoms with Crippen LogP contribution in [0.4, 0.5) is 0 Å². The molecule has 0 aromatic heterocycles. The lowest BCUT2D eigenvalue weighted by atomic mass is 9.88. The highest BCUT2D eigenvalue weighted by Crippen LogP contribution is 2.70. The van der Waals surface area contributed by atoms with Gasteiger partial charge in [0.15, 0.2) is 5.41 Å². The van der Waals surface area contributed by atoms with E-state index in [0.29, 0.717) is 17.0 Å². The Bertz CT molecular complexity index is 586. The van der Waals surface area contributed by atoms with Gasteiger partial charge in [0, 0.05) is 10.9 Å². The van der Waals surface area contributed by atoms with Gasteiger partial charge in [0.05, 0.1) is 18.2 Å². The SMILES string of the molecule is CC[C@@H]1C(C#N)(C#N)[C@]1(C#N)c1ccc(Cl)cc1. The molecule has 1 aliphatic rings. The fraction of sp³-hybridized carbons (Fsp3) is 0.357. The molecule has 0 bridgehead atoms. The highest BCUT2D eigenvalue weighted by molar-refractivity contribution is 6.30. The Hall–Kier alpha value is -2.02. The summed E-state index contributed by atoms with van der Waals surface area (Å²) in [6.45, 7) is 1.89. The molecule has 0 amide bonds. The monoisotopic (exact) mass is 255 g/mol. The van der Waals surface area contributed by atoms with E-state index in [0.717, 1.165) is 0 Å². The molecule has 4 heteroatoms. The maximum atomic E-state index is 9.49. The Kier molecular flexibility index (Phi) is 2.78. The minimum Gasteiger partial charge on any atom is -0.197 e. The number of nitrogens with zero attached hydrogens (tertiary/aromatic N) is 3. The molecule has 1 aliphatic carbocycles. The van der Waals surface area contributed by atoms with Gasteiger partial charge in [0.1, 0.15) is 5.41 Å². The van der Waals surface area contributed by atoms with Gasteiger partial charge in [0.25, 0.3) is 0 Å². The van der Waals surface area contributed by atoms with Crippen molar-refractivity contribution >= 4 is 11.6 Å². The van der Waals surface area contributed by atoms with E-state index in [2.05, 4.69) is 6.07 Å². The zero-order chi connectivity index (χ0) is 13.4. The number of benzene rings is 1. The van der Waals surface area contributed by atoms with E-state index < -0.39 is 10.8 Å². The third kappa shape index (κ3) is 1.22. The quantitative estimate of drug-likeness (QED) is 0.815. The fourth-order valence-electron chi connectivity index (χ4n) is 2.89. The van der Waals surface area contributed by atoms with Crippen LogP contribution in [0.25, 0.3) is 0 Å². The summed E-state index contributed by atoms with van der Waals surface area (Å²) in [5.41, 5.74) is -1.55. The zero-order valence-electron chi connectivity index (χ0n) is 9.81. The van der Waals surface area contributed by atoms with Crippen LogP contribution in [0.15, 0.2) is 24.3 Å². The van der Waals surface area contributed by atoms with Crippen LogP contribution in [0, 0.1) is 45.3 Å². The van der Waals surface area contributed by atoms with Gasteiger partial charge in [-0.1, -0.05) is 30.7 Å². The summed E-state index contributed by atoms with van der Waals surface area (Å²) in [7, 11) is 0. The Morgan fingerprint density at radius 1 is 1.11 bits per heavy atom. The third-order valence-corrected chi connectivity index (χ3v) is 4.07. The van der Waals surface area contributed by atoms with E-state index >= 15 is 0 Å². The largest absolute Gasteiger partial charge is 0.197 e. The molecule has 0 heterocycles. The average molecular weight is 256 g/mol. The molecule has 1 saturated carbocycles. The Labute approximate surface area is 111 Å². The van der Waals surface area contributed by atoms with Crippen molar-refractivity contribution in [3.63, 3.8) is 0 Å². The van der Waals surface area contributed by atoms with Crippen LogP contribution < -0.4 is 0 Å². The standard InChI is InChI=1S/C14H10ClN3/c1-2-12-13(7-16,8-17)14(12,9-18)10-3-5-11(15)6-4-10/h3-6,12H,2H2,1H3/t12-,14-/m1/s1. The highest BCUT2D eigenvalue weighted by Gasteiger charge is 2.79. The van der Waals surface area contributed by atoms with Gasteiger partial charge in [0.2, 0.25) is 0 Å². The Balaban J connectivity index is 2.60. The minimum absolute atomic E-state index is 0.244. The summed E-state index contributed by atoms with van der Waals surface area (Å²) < 4.78 is 0. The Morgan fingerprint density at radius 2 is 1.67 bits per heavy atom. The topological polar surface area (TPSA) is 71.4 Å². The molecular weight excluding hydrogens is 246 g/mol. The lowest BCUT2D eigenvalue weighted by Crippen LogP contribution is -2.14. The van der Waals surface area contributed by atoms with Gasteiger partial charge in [-0.05, 0) is 24.1 Å². The molecule has 88 valence electrons. The molecule has 1 aromatic carbocycles. The molecule has 2 rings (SSSR count). The van der Waals surface area contributed by atoms with Crippen LogP contribution in [-0.2, 0) is 5.41 Å². The van der Waals surface area contributed by atoms with Crippen LogP contribution >= 0.6 is 11.6 Å². The predicted octanol–water partition coefficient (Wildman–Crippen LogP) is 3.17. The number of rotatable bonds is 2. The Morgan fingerprint density at radius 3 is 2.00 bits per heavy atom. The van der Waals surface area contributed by atoms with Crippen molar-refractivity contribution < 1.29 is 0 Å². The van der Waals surface area contributed by atoms with Crippen molar-refractivity contribution in [2.24, 2.45) is 11.3 Å². The number of halogens is 1. The van der Waals surface area contributed by atoms with E-state index in [1.54, 1.807) is 24.3 Å². The molecular formula is C14H10ClN3. The predicted molar refractivity (Wildman–Crippen MR) is 66.2 cm³/mol. The van der Waals surface area contributed by atoms with Crippen molar-refractivity contribution in [1.82, 2.24) is 0 Å². The molecule has 18 heavy (non-hydrogen) atoms. The zero-order valence-corrected chi connectivity index (χ0v) is 10.6. The van der Waals surface area contributed by atoms with Crippen molar-refractivity contribution in [2.45, 2.75) is 18.8 Å². The van der Waals surface area contributed by atoms with Crippen LogP contribution in [0.3, 0.4) is 0 Å². The molecule has 3 nitrogen and oxygen atoms in total. The summed E-state index contributed by atoms with van der Waals surface area (Å²) in [6, 6.07) is 13.1. The molecule has 0 saturated heterocycles.